The van der Waals surface area contributed by atoms with Crippen LogP contribution in [0.4, 0.5) is 0 Å². The van der Waals surface area contributed by atoms with Gasteiger partial charge in [0.05, 0.1) is 12.7 Å². The molecule has 0 saturated heterocycles. The lowest BCUT2D eigenvalue weighted by Gasteiger charge is -2.30. The van der Waals surface area contributed by atoms with Crippen molar-refractivity contribution in [1.29, 1.82) is 0 Å². The Labute approximate surface area is 129 Å². The van der Waals surface area contributed by atoms with E-state index in [0.29, 0.717) is 6.04 Å². The molecule has 1 aliphatic heterocycles. The molecule has 2 unspecified atom stereocenters. The van der Waals surface area contributed by atoms with Gasteiger partial charge in [-0.05, 0) is 50.3 Å². The Morgan fingerprint density at radius 3 is 3.00 bits per heavy atom. The van der Waals surface area contributed by atoms with Crippen molar-refractivity contribution in [2.75, 3.05) is 26.4 Å². The van der Waals surface area contributed by atoms with Crippen LogP contribution in [0.2, 0.25) is 0 Å². The third-order valence-electron chi connectivity index (χ3n) is 4.09. The minimum atomic E-state index is 0.228. The second kappa shape index (κ2) is 9.19. The molecule has 1 aromatic carbocycles. The molecule has 3 nitrogen and oxygen atoms in total. The van der Waals surface area contributed by atoms with Gasteiger partial charge in [-0.2, -0.15) is 0 Å². The van der Waals surface area contributed by atoms with Crippen LogP contribution in [0, 0.1) is 0 Å². The highest BCUT2D eigenvalue weighted by Gasteiger charge is 2.23. The maximum atomic E-state index is 6.04. The normalized spacial score (nSPS) is 19.2. The topological polar surface area (TPSA) is 30.5 Å². The van der Waals surface area contributed by atoms with Crippen molar-refractivity contribution in [3.05, 3.63) is 35.4 Å². The van der Waals surface area contributed by atoms with E-state index >= 15 is 0 Å². The van der Waals surface area contributed by atoms with Gasteiger partial charge in [-0.15, -0.1) is 0 Å². The molecule has 0 spiro atoms. The van der Waals surface area contributed by atoms with E-state index in [0.717, 1.165) is 52.0 Å². The van der Waals surface area contributed by atoms with E-state index in [1.54, 1.807) is 0 Å². The largest absolute Gasteiger partial charge is 0.382 e. The molecule has 0 aromatic heterocycles. The fraction of sp³-hybridized carbons (Fsp3) is 0.667. The van der Waals surface area contributed by atoms with Crippen LogP contribution in [0.15, 0.2) is 24.3 Å². The molecule has 1 heterocycles. The number of hydrogen-bond donors (Lipinski definition) is 1. The van der Waals surface area contributed by atoms with Gasteiger partial charge in [0, 0.05) is 19.3 Å². The smallest absolute Gasteiger partial charge is 0.0842 e. The first-order chi connectivity index (χ1) is 10.3. The standard InChI is InChI=1S/C18H29NO2/c1-3-11-19-16(10-12-20-4-2)14-18-17-8-6-5-7-15(17)9-13-21-18/h5-8,16,18-19H,3-4,9-14H2,1-2H3. The highest BCUT2D eigenvalue weighted by atomic mass is 16.5. The first-order valence-corrected chi connectivity index (χ1v) is 8.35. The molecule has 1 N–H and O–H groups in total. The summed E-state index contributed by atoms with van der Waals surface area (Å²) in [6.07, 6.45) is 4.51. The maximum absolute atomic E-state index is 6.04. The maximum Gasteiger partial charge on any atom is 0.0842 e. The van der Waals surface area contributed by atoms with Crippen LogP contribution in [0.1, 0.15) is 50.3 Å². The Bertz CT molecular complexity index is 408. The van der Waals surface area contributed by atoms with E-state index in [1.165, 1.54) is 11.1 Å². The second-order valence-corrected chi connectivity index (χ2v) is 5.68. The average Bonchev–Trinajstić information content (AvgIpc) is 2.53. The molecule has 0 amide bonds. The van der Waals surface area contributed by atoms with Crippen molar-refractivity contribution in [1.82, 2.24) is 5.32 Å². The third kappa shape index (κ3) is 5.10. The van der Waals surface area contributed by atoms with Crippen LogP contribution < -0.4 is 5.32 Å². The number of rotatable bonds is 9. The predicted molar refractivity (Wildman–Crippen MR) is 86.6 cm³/mol. The van der Waals surface area contributed by atoms with Gasteiger partial charge in [-0.3, -0.25) is 0 Å². The van der Waals surface area contributed by atoms with Gasteiger partial charge < -0.3 is 14.8 Å². The zero-order chi connectivity index (χ0) is 14.9. The highest BCUT2D eigenvalue weighted by molar-refractivity contribution is 5.31. The molecule has 1 aromatic rings. The minimum absolute atomic E-state index is 0.228. The molecule has 0 radical (unpaired) electrons. The number of nitrogens with one attached hydrogen (secondary N) is 1. The summed E-state index contributed by atoms with van der Waals surface area (Å²) in [4.78, 5) is 0. The first-order valence-electron chi connectivity index (χ1n) is 8.35. The van der Waals surface area contributed by atoms with Gasteiger partial charge in [0.25, 0.3) is 0 Å². The molecule has 3 heteroatoms. The summed E-state index contributed by atoms with van der Waals surface area (Å²) < 4.78 is 11.6. The van der Waals surface area contributed by atoms with Gasteiger partial charge in [0.1, 0.15) is 0 Å². The molecular formula is C18H29NO2. The molecule has 1 aliphatic rings. The van der Waals surface area contributed by atoms with E-state index < -0.39 is 0 Å². The first kappa shape index (κ1) is 16.5. The zero-order valence-electron chi connectivity index (χ0n) is 13.4. The van der Waals surface area contributed by atoms with Crippen molar-refractivity contribution in [3.8, 4) is 0 Å². The Balaban J connectivity index is 1.95. The molecule has 118 valence electrons. The molecule has 0 bridgehead atoms. The van der Waals surface area contributed by atoms with Crippen molar-refractivity contribution in [2.24, 2.45) is 0 Å². The Morgan fingerprint density at radius 2 is 2.19 bits per heavy atom. The van der Waals surface area contributed by atoms with Crippen LogP contribution in [-0.4, -0.2) is 32.4 Å². The molecule has 0 saturated carbocycles. The van der Waals surface area contributed by atoms with Crippen molar-refractivity contribution >= 4 is 0 Å². The third-order valence-corrected chi connectivity index (χ3v) is 4.09. The van der Waals surface area contributed by atoms with Crippen LogP contribution in [0.5, 0.6) is 0 Å². The van der Waals surface area contributed by atoms with Crippen LogP contribution in [0.25, 0.3) is 0 Å². The van der Waals surface area contributed by atoms with Gasteiger partial charge in [-0.25, -0.2) is 0 Å². The van der Waals surface area contributed by atoms with Gasteiger partial charge in [0.15, 0.2) is 0 Å². The molecule has 21 heavy (non-hydrogen) atoms. The van der Waals surface area contributed by atoms with Crippen LogP contribution in [0.3, 0.4) is 0 Å². The van der Waals surface area contributed by atoms with Crippen molar-refractivity contribution in [3.63, 3.8) is 0 Å². The molecule has 0 aliphatic carbocycles. The number of fused-ring (bicyclic) bond motifs is 1. The van der Waals surface area contributed by atoms with Gasteiger partial charge in [-0.1, -0.05) is 31.2 Å². The fourth-order valence-electron chi connectivity index (χ4n) is 2.95. The van der Waals surface area contributed by atoms with Crippen LogP contribution in [-0.2, 0) is 15.9 Å². The van der Waals surface area contributed by atoms with E-state index in [1.807, 2.05) is 0 Å². The Morgan fingerprint density at radius 1 is 1.33 bits per heavy atom. The van der Waals surface area contributed by atoms with Gasteiger partial charge in [0.2, 0.25) is 0 Å². The number of hydrogen-bond acceptors (Lipinski definition) is 3. The van der Waals surface area contributed by atoms with Crippen molar-refractivity contribution in [2.45, 2.75) is 51.7 Å². The zero-order valence-corrected chi connectivity index (χ0v) is 13.4. The fourth-order valence-corrected chi connectivity index (χ4v) is 2.95. The highest BCUT2D eigenvalue weighted by Crippen LogP contribution is 2.30. The van der Waals surface area contributed by atoms with E-state index in [9.17, 15) is 0 Å². The number of benzene rings is 1. The summed E-state index contributed by atoms with van der Waals surface area (Å²) in [5, 5.41) is 3.65. The summed E-state index contributed by atoms with van der Waals surface area (Å²) in [6.45, 7) is 7.78. The lowest BCUT2D eigenvalue weighted by Crippen LogP contribution is -2.34. The van der Waals surface area contributed by atoms with E-state index in [2.05, 4.69) is 43.4 Å². The van der Waals surface area contributed by atoms with Crippen molar-refractivity contribution < 1.29 is 9.47 Å². The molecular weight excluding hydrogens is 262 g/mol. The van der Waals surface area contributed by atoms with Gasteiger partial charge >= 0.3 is 0 Å². The Kier molecular flexibility index (Phi) is 7.20. The molecule has 2 rings (SSSR count). The molecule has 0 fully saturated rings. The summed E-state index contributed by atoms with van der Waals surface area (Å²) in [6, 6.07) is 9.17. The quantitative estimate of drug-likeness (QED) is 0.707. The Hall–Kier alpha value is -0.900. The van der Waals surface area contributed by atoms with E-state index in [4.69, 9.17) is 9.47 Å². The summed E-state index contributed by atoms with van der Waals surface area (Å²) in [5.74, 6) is 0. The average molecular weight is 291 g/mol. The minimum Gasteiger partial charge on any atom is -0.382 e. The second-order valence-electron chi connectivity index (χ2n) is 5.68. The summed E-state index contributed by atoms with van der Waals surface area (Å²) >= 11 is 0. The summed E-state index contributed by atoms with van der Waals surface area (Å²) in [5.41, 5.74) is 2.83. The lowest BCUT2D eigenvalue weighted by atomic mass is 9.93. The summed E-state index contributed by atoms with van der Waals surface area (Å²) in [7, 11) is 0. The molecule has 2 atom stereocenters. The van der Waals surface area contributed by atoms with E-state index in [-0.39, 0.29) is 6.10 Å². The number of ether oxygens (including phenoxy) is 2. The monoisotopic (exact) mass is 291 g/mol. The predicted octanol–water partition coefficient (Wildman–Crippen LogP) is 3.49. The lowest BCUT2D eigenvalue weighted by molar-refractivity contribution is 0.0259. The SMILES string of the molecule is CCCNC(CCOCC)CC1OCCc2ccccc21. The van der Waals surface area contributed by atoms with Crippen LogP contribution >= 0.6 is 0 Å².